The van der Waals surface area contributed by atoms with Gasteiger partial charge in [0.1, 0.15) is 5.75 Å². The highest BCUT2D eigenvalue weighted by atomic mass is 16.5. The van der Waals surface area contributed by atoms with Crippen molar-refractivity contribution in [1.29, 1.82) is 0 Å². The Morgan fingerprint density at radius 3 is 1.38 bits per heavy atom. The summed E-state index contributed by atoms with van der Waals surface area (Å²) in [6.45, 7) is 8.92. The first kappa shape index (κ1) is 34.5. The number of ether oxygens (including phenoxy) is 1. The second-order valence-corrected chi connectivity index (χ2v) is 10.2. The lowest BCUT2D eigenvalue weighted by Gasteiger charge is -2.12. The van der Waals surface area contributed by atoms with Crippen molar-refractivity contribution in [2.24, 2.45) is 0 Å². The Labute approximate surface area is 239 Å². The third-order valence-electron chi connectivity index (χ3n) is 6.68. The van der Waals surface area contributed by atoms with E-state index in [1.54, 1.807) is 0 Å². The fourth-order valence-corrected chi connectivity index (χ4v) is 4.44. The van der Waals surface area contributed by atoms with Crippen molar-refractivity contribution in [3.8, 4) is 5.75 Å². The Morgan fingerprint density at radius 1 is 0.538 bits per heavy atom. The summed E-state index contributed by atoms with van der Waals surface area (Å²) < 4.78 is 5.55. The second-order valence-electron chi connectivity index (χ2n) is 10.2. The molecule has 2 rings (SSSR count). The molecule has 222 valence electrons. The van der Waals surface area contributed by atoms with Crippen LogP contribution in [0.3, 0.4) is 0 Å². The van der Waals surface area contributed by atoms with Crippen molar-refractivity contribution in [2.75, 3.05) is 35.6 Å². The largest absolute Gasteiger partial charge is 0.494 e. The SMILES string of the molecule is C.CCCCCCCCCCNc1nc(NCCCCCCCCCC)nc(Nc2ccc(OCC)cc2)n1. The molecule has 0 amide bonds. The summed E-state index contributed by atoms with van der Waals surface area (Å²) in [5.74, 6) is 2.64. The molecular weight excluding hydrogens is 484 g/mol. The molecule has 2 aromatic rings. The highest BCUT2D eigenvalue weighted by molar-refractivity contribution is 5.56. The first-order valence-electron chi connectivity index (χ1n) is 15.5. The van der Waals surface area contributed by atoms with E-state index in [-0.39, 0.29) is 7.43 Å². The van der Waals surface area contributed by atoms with Gasteiger partial charge < -0.3 is 20.7 Å². The Morgan fingerprint density at radius 2 is 0.949 bits per heavy atom. The lowest BCUT2D eigenvalue weighted by molar-refractivity contribution is 0.340. The van der Waals surface area contributed by atoms with Crippen molar-refractivity contribution < 1.29 is 4.74 Å². The molecular formula is C32H58N6O. The van der Waals surface area contributed by atoms with Crippen LogP contribution in [0.4, 0.5) is 23.5 Å². The number of anilines is 4. The lowest BCUT2D eigenvalue weighted by Crippen LogP contribution is -2.12. The fraction of sp³-hybridized carbons (Fsp3) is 0.719. The highest BCUT2D eigenvalue weighted by Crippen LogP contribution is 2.20. The predicted molar refractivity (Wildman–Crippen MR) is 170 cm³/mol. The maximum Gasteiger partial charge on any atom is 0.233 e. The van der Waals surface area contributed by atoms with E-state index in [4.69, 9.17) is 4.74 Å². The molecule has 0 aliphatic carbocycles. The molecule has 1 aromatic heterocycles. The molecule has 7 heteroatoms. The molecule has 0 bridgehead atoms. The number of aromatic nitrogens is 3. The zero-order valence-electron chi connectivity index (χ0n) is 24.5. The van der Waals surface area contributed by atoms with Crippen LogP contribution in [0, 0.1) is 0 Å². The van der Waals surface area contributed by atoms with Gasteiger partial charge in [-0.2, -0.15) is 15.0 Å². The number of hydrogen-bond donors (Lipinski definition) is 3. The number of nitrogens with zero attached hydrogens (tertiary/aromatic N) is 3. The van der Waals surface area contributed by atoms with E-state index in [1.807, 2.05) is 31.2 Å². The van der Waals surface area contributed by atoms with Gasteiger partial charge in [0, 0.05) is 18.8 Å². The van der Waals surface area contributed by atoms with E-state index in [0.717, 1.165) is 37.4 Å². The summed E-state index contributed by atoms with van der Waals surface area (Å²) >= 11 is 0. The topological polar surface area (TPSA) is 84.0 Å². The van der Waals surface area contributed by atoms with Crippen molar-refractivity contribution in [2.45, 2.75) is 131 Å². The first-order valence-corrected chi connectivity index (χ1v) is 15.5. The van der Waals surface area contributed by atoms with Crippen LogP contribution in [-0.4, -0.2) is 34.6 Å². The Balaban J connectivity index is 0.00000760. The minimum atomic E-state index is 0. The quantitative estimate of drug-likeness (QED) is 0.114. The number of nitrogens with one attached hydrogen (secondary N) is 3. The minimum absolute atomic E-state index is 0. The molecule has 1 heterocycles. The monoisotopic (exact) mass is 542 g/mol. The number of rotatable bonds is 24. The third kappa shape index (κ3) is 16.9. The molecule has 0 spiro atoms. The van der Waals surface area contributed by atoms with E-state index in [0.29, 0.717) is 24.5 Å². The zero-order chi connectivity index (χ0) is 27.1. The van der Waals surface area contributed by atoms with Gasteiger partial charge in [-0.05, 0) is 44.0 Å². The van der Waals surface area contributed by atoms with Gasteiger partial charge in [-0.25, -0.2) is 0 Å². The van der Waals surface area contributed by atoms with Gasteiger partial charge in [0.05, 0.1) is 6.61 Å². The van der Waals surface area contributed by atoms with Crippen LogP contribution in [0.5, 0.6) is 5.75 Å². The zero-order valence-corrected chi connectivity index (χ0v) is 24.5. The molecule has 0 radical (unpaired) electrons. The predicted octanol–water partition coefficient (Wildman–Crippen LogP) is 9.76. The maximum absolute atomic E-state index is 5.55. The maximum atomic E-state index is 5.55. The average Bonchev–Trinajstić information content (AvgIpc) is 2.92. The molecule has 0 fully saturated rings. The standard InChI is InChI=1S/C31H54N6O.CH4/c1-4-7-9-11-13-15-17-19-25-32-29-35-30(33-26-20-18-16-14-12-10-8-5-2)37-31(36-29)34-27-21-23-28(24-22-27)38-6-3;/h21-24H,4-20,25-26H2,1-3H3,(H3,32,33,34,35,36,37);1H4. The first-order chi connectivity index (χ1) is 18.7. The molecule has 0 aliphatic heterocycles. The summed E-state index contributed by atoms with van der Waals surface area (Å²) in [7, 11) is 0. The van der Waals surface area contributed by atoms with E-state index >= 15 is 0 Å². The van der Waals surface area contributed by atoms with Gasteiger partial charge in [0.15, 0.2) is 0 Å². The van der Waals surface area contributed by atoms with E-state index in [2.05, 4.69) is 44.7 Å². The second kappa shape index (κ2) is 23.3. The van der Waals surface area contributed by atoms with Crippen LogP contribution in [-0.2, 0) is 0 Å². The van der Waals surface area contributed by atoms with E-state index in [9.17, 15) is 0 Å². The van der Waals surface area contributed by atoms with Crippen molar-refractivity contribution in [3.05, 3.63) is 24.3 Å². The Hall–Kier alpha value is -2.57. The lowest BCUT2D eigenvalue weighted by atomic mass is 10.1. The summed E-state index contributed by atoms with van der Waals surface area (Å²) in [6, 6.07) is 7.87. The van der Waals surface area contributed by atoms with Crippen molar-refractivity contribution >= 4 is 23.5 Å². The Bertz CT molecular complexity index is 790. The van der Waals surface area contributed by atoms with E-state index in [1.165, 1.54) is 89.9 Å². The summed E-state index contributed by atoms with van der Waals surface area (Å²) in [5, 5.41) is 10.2. The van der Waals surface area contributed by atoms with Crippen LogP contribution < -0.4 is 20.7 Å². The summed E-state index contributed by atoms with van der Waals surface area (Å²) in [6.07, 6.45) is 20.8. The van der Waals surface area contributed by atoms with Crippen molar-refractivity contribution in [3.63, 3.8) is 0 Å². The van der Waals surface area contributed by atoms with Gasteiger partial charge in [-0.15, -0.1) is 0 Å². The molecule has 39 heavy (non-hydrogen) atoms. The van der Waals surface area contributed by atoms with Crippen LogP contribution in [0.15, 0.2) is 24.3 Å². The van der Waals surface area contributed by atoms with Gasteiger partial charge in [0.2, 0.25) is 17.8 Å². The van der Waals surface area contributed by atoms with Crippen molar-refractivity contribution in [1.82, 2.24) is 15.0 Å². The Kier molecular flexibility index (Phi) is 20.6. The molecule has 7 nitrogen and oxygen atoms in total. The van der Waals surface area contributed by atoms with Gasteiger partial charge in [-0.1, -0.05) is 111 Å². The summed E-state index contributed by atoms with van der Waals surface area (Å²) in [4.78, 5) is 13.9. The molecule has 0 atom stereocenters. The van der Waals surface area contributed by atoms with Crippen LogP contribution >= 0.6 is 0 Å². The van der Waals surface area contributed by atoms with E-state index < -0.39 is 0 Å². The van der Waals surface area contributed by atoms with Gasteiger partial charge >= 0.3 is 0 Å². The molecule has 0 aliphatic rings. The molecule has 0 unspecified atom stereocenters. The summed E-state index contributed by atoms with van der Waals surface area (Å²) in [5.41, 5.74) is 0.919. The normalized spacial score (nSPS) is 10.6. The smallest absolute Gasteiger partial charge is 0.233 e. The molecule has 1 aromatic carbocycles. The molecule has 0 saturated heterocycles. The minimum Gasteiger partial charge on any atom is -0.494 e. The number of hydrogen-bond acceptors (Lipinski definition) is 7. The average molecular weight is 543 g/mol. The molecule has 3 N–H and O–H groups in total. The van der Waals surface area contributed by atoms with Crippen LogP contribution in [0.1, 0.15) is 131 Å². The third-order valence-corrected chi connectivity index (χ3v) is 6.68. The van der Waals surface area contributed by atoms with Crippen LogP contribution in [0.25, 0.3) is 0 Å². The number of benzene rings is 1. The van der Waals surface area contributed by atoms with Crippen LogP contribution in [0.2, 0.25) is 0 Å². The number of unbranched alkanes of at least 4 members (excludes halogenated alkanes) is 14. The van der Waals surface area contributed by atoms with Gasteiger partial charge in [-0.3, -0.25) is 0 Å². The highest BCUT2D eigenvalue weighted by Gasteiger charge is 2.07. The fourth-order valence-electron chi connectivity index (χ4n) is 4.44. The van der Waals surface area contributed by atoms with Gasteiger partial charge in [0.25, 0.3) is 0 Å². The molecule has 0 saturated carbocycles.